The summed E-state index contributed by atoms with van der Waals surface area (Å²) in [4.78, 5) is 23.1. The molecule has 0 aliphatic carbocycles. The van der Waals surface area contributed by atoms with Crippen LogP contribution in [0.1, 0.15) is 24.3 Å². The van der Waals surface area contributed by atoms with Gasteiger partial charge in [-0.2, -0.15) is 0 Å². The molecule has 1 fully saturated rings. The maximum absolute atomic E-state index is 11.8. The lowest BCUT2D eigenvalue weighted by atomic mass is 9.99. The van der Waals surface area contributed by atoms with Gasteiger partial charge in [0.25, 0.3) is 0 Å². The Morgan fingerprint density at radius 3 is 2.68 bits per heavy atom. The second-order valence-corrected chi connectivity index (χ2v) is 4.70. The van der Waals surface area contributed by atoms with Gasteiger partial charge in [0.2, 0.25) is 5.91 Å². The second-order valence-electron chi connectivity index (χ2n) is 4.70. The molecular formula is C14H18N2O3. The van der Waals surface area contributed by atoms with E-state index in [2.05, 4.69) is 10.6 Å². The SMILES string of the molecule is O=C(O)C(CNC(=O)[C@H]1CCCN1)c1ccccc1. The third-order valence-corrected chi connectivity index (χ3v) is 3.36. The first-order valence-electron chi connectivity index (χ1n) is 6.47. The molecule has 1 aliphatic rings. The average Bonchev–Trinajstić information content (AvgIpc) is 2.93. The molecule has 5 heteroatoms. The van der Waals surface area contributed by atoms with Gasteiger partial charge in [-0.3, -0.25) is 9.59 Å². The summed E-state index contributed by atoms with van der Waals surface area (Å²) >= 11 is 0. The summed E-state index contributed by atoms with van der Waals surface area (Å²) < 4.78 is 0. The van der Waals surface area contributed by atoms with Crippen LogP contribution in [0.3, 0.4) is 0 Å². The fourth-order valence-corrected chi connectivity index (χ4v) is 2.27. The summed E-state index contributed by atoms with van der Waals surface area (Å²) in [6.07, 6.45) is 1.80. The summed E-state index contributed by atoms with van der Waals surface area (Å²) in [6, 6.07) is 8.78. The van der Waals surface area contributed by atoms with E-state index in [9.17, 15) is 14.7 Å². The van der Waals surface area contributed by atoms with Gasteiger partial charge in [0, 0.05) is 6.54 Å². The van der Waals surface area contributed by atoms with E-state index in [4.69, 9.17) is 0 Å². The van der Waals surface area contributed by atoms with Gasteiger partial charge in [0.05, 0.1) is 12.0 Å². The first-order chi connectivity index (χ1) is 9.18. The summed E-state index contributed by atoms with van der Waals surface area (Å²) in [5, 5.41) is 15.0. The van der Waals surface area contributed by atoms with E-state index < -0.39 is 11.9 Å². The van der Waals surface area contributed by atoms with Crippen molar-refractivity contribution in [1.29, 1.82) is 0 Å². The van der Waals surface area contributed by atoms with Gasteiger partial charge in [-0.25, -0.2) is 0 Å². The fraction of sp³-hybridized carbons (Fsp3) is 0.429. The van der Waals surface area contributed by atoms with Crippen molar-refractivity contribution in [2.45, 2.75) is 24.8 Å². The summed E-state index contributed by atoms with van der Waals surface area (Å²) in [5.74, 6) is -1.74. The van der Waals surface area contributed by atoms with Crippen molar-refractivity contribution < 1.29 is 14.7 Å². The van der Waals surface area contributed by atoms with Crippen molar-refractivity contribution >= 4 is 11.9 Å². The number of carboxylic acids is 1. The zero-order valence-electron chi connectivity index (χ0n) is 10.6. The largest absolute Gasteiger partial charge is 0.481 e. The average molecular weight is 262 g/mol. The van der Waals surface area contributed by atoms with Gasteiger partial charge in [0.15, 0.2) is 0 Å². The van der Waals surface area contributed by atoms with E-state index in [0.717, 1.165) is 19.4 Å². The minimum absolute atomic E-state index is 0.111. The molecule has 1 aromatic carbocycles. The summed E-state index contributed by atoms with van der Waals surface area (Å²) in [5.41, 5.74) is 0.703. The highest BCUT2D eigenvalue weighted by atomic mass is 16.4. The number of nitrogens with one attached hydrogen (secondary N) is 2. The van der Waals surface area contributed by atoms with E-state index >= 15 is 0 Å². The van der Waals surface area contributed by atoms with Gasteiger partial charge in [-0.15, -0.1) is 0 Å². The van der Waals surface area contributed by atoms with E-state index in [1.165, 1.54) is 0 Å². The number of amides is 1. The lowest BCUT2D eigenvalue weighted by Crippen LogP contribution is -2.42. The van der Waals surface area contributed by atoms with Crippen LogP contribution in [-0.2, 0) is 9.59 Å². The predicted octanol–water partition coefficient (Wildman–Crippen LogP) is 0.723. The van der Waals surface area contributed by atoms with Crippen LogP contribution in [0.15, 0.2) is 30.3 Å². The van der Waals surface area contributed by atoms with Crippen LogP contribution in [0.2, 0.25) is 0 Å². The molecule has 5 nitrogen and oxygen atoms in total. The molecule has 19 heavy (non-hydrogen) atoms. The topological polar surface area (TPSA) is 78.4 Å². The Labute approximate surface area is 112 Å². The van der Waals surface area contributed by atoms with Gasteiger partial charge >= 0.3 is 5.97 Å². The lowest BCUT2D eigenvalue weighted by molar-refractivity contribution is -0.138. The normalized spacial score (nSPS) is 19.9. The monoisotopic (exact) mass is 262 g/mol. The zero-order valence-corrected chi connectivity index (χ0v) is 10.6. The number of aliphatic carboxylic acids is 1. The minimum atomic E-state index is -0.925. The van der Waals surface area contributed by atoms with Crippen LogP contribution < -0.4 is 10.6 Å². The fourth-order valence-electron chi connectivity index (χ4n) is 2.27. The smallest absolute Gasteiger partial charge is 0.312 e. The number of rotatable bonds is 5. The van der Waals surface area contributed by atoms with E-state index in [-0.39, 0.29) is 18.5 Å². The Morgan fingerprint density at radius 2 is 2.11 bits per heavy atom. The molecule has 0 spiro atoms. The highest BCUT2D eigenvalue weighted by molar-refractivity contribution is 5.83. The van der Waals surface area contributed by atoms with Crippen LogP contribution >= 0.6 is 0 Å². The molecule has 0 bridgehead atoms. The van der Waals surface area contributed by atoms with Gasteiger partial charge in [0.1, 0.15) is 0 Å². The Morgan fingerprint density at radius 1 is 1.37 bits per heavy atom. The maximum Gasteiger partial charge on any atom is 0.312 e. The molecular weight excluding hydrogens is 244 g/mol. The number of hydrogen-bond donors (Lipinski definition) is 3. The van der Waals surface area contributed by atoms with Crippen molar-refractivity contribution in [2.24, 2.45) is 0 Å². The Balaban J connectivity index is 1.94. The van der Waals surface area contributed by atoms with E-state index in [1.54, 1.807) is 24.3 Å². The number of benzene rings is 1. The number of carbonyl (C=O) groups excluding carboxylic acids is 1. The maximum atomic E-state index is 11.8. The molecule has 2 rings (SSSR count). The number of carboxylic acid groups (broad SMARTS) is 1. The molecule has 2 atom stereocenters. The number of carbonyl (C=O) groups is 2. The quantitative estimate of drug-likeness (QED) is 0.730. The third-order valence-electron chi connectivity index (χ3n) is 3.36. The molecule has 0 aromatic heterocycles. The molecule has 0 radical (unpaired) electrons. The molecule has 1 unspecified atom stereocenters. The van der Waals surface area contributed by atoms with Gasteiger partial charge in [-0.05, 0) is 24.9 Å². The number of hydrogen-bond acceptors (Lipinski definition) is 3. The van der Waals surface area contributed by atoms with Crippen molar-refractivity contribution in [3.63, 3.8) is 0 Å². The van der Waals surface area contributed by atoms with Crippen molar-refractivity contribution in [1.82, 2.24) is 10.6 Å². The molecule has 1 aromatic rings. The van der Waals surface area contributed by atoms with Crippen molar-refractivity contribution in [2.75, 3.05) is 13.1 Å². The summed E-state index contributed by atoms with van der Waals surface area (Å²) in [7, 11) is 0. The molecule has 1 heterocycles. The van der Waals surface area contributed by atoms with Crippen LogP contribution in [0.4, 0.5) is 0 Å². The highest BCUT2D eigenvalue weighted by Gasteiger charge is 2.25. The Hall–Kier alpha value is -1.88. The Kier molecular flexibility index (Phi) is 4.52. The second kappa shape index (κ2) is 6.33. The standard InChI is InChI=1S/C14H18N2O3/c17-13(12-7-4-8-15-12)16-9-11(14(18)19)10-5-2-1-3-6-10/h1-3,5-6,11-12,15H,4,7-9H2,(H,16,17)(H,18,19)/t11?,12-/m1/s1. The third kappa shape index (κ3) is 3.54. The zero-order chi connectivity index (χ0) is 13.7. The molecule has 3 N–H and O–H groups in total. The van der Waals surface area contributed by atoms with Crippen LogP contribution in [0.5, 0.6) is 0 Å². The first-order valence-corrected chi connectivity index (χ1v) is 6.47. The van der Waals surface area contributed by atoms with Gasteiger partial charge < -0.3 is 15.7 Å². The molecule has 102 valence electrons. The Bertz CT molecular complexity index is 441. The lowest BCUT2D eigenvalue weighted by Gasteiger charge is -2.16. The van der Waals surface area contributed by atoms with E-state index in [0.29, 0.717) is 5.56 Å². The van der Waals surface area contributed by atoms with E-state index in [1.807, 2.05) is 6.07 Å². The molecule has 1 amide bonds. The van der Waals surface area contributed by atoms with Gasteiger partial charge in [-0.1, -0.05) is 30.3 Å². The molecule has 1 aliphatic heterocycles. The van der Waals surface area contributed by atoms with Crippen LogP contribution in [0, 0.1) is 0 Å². The van der Waals surface area contributed by atoms with Crippen LogP contribution in [-0.4, -0.2) is 36.1 Å². The highest BCUT2D eigenvalue weighted by Crippen LogP contribution is 2.15. The summed E-state index contributed by atoms with van der Waals surface area (Å²) in [6.45, 7) is 0.968. The van der Waals surface area contributed by atoms with Crippen molar-refractivity contribution in [3.8, 4) is 0 Å². The van der Waals surface area contributed by atoms with Crippen LogP contribution in [0.25, 0.3) is 0 Å². The minimum Gasteiger partial charge on any atom is -0.481 e. The first kappa shape index (κ1) is 13.5. The molecule has 1 saturated heterocycles. The molecule has 0 saturated carbocycles. The van der Waals surface area contributed by atoms with Crippen molar-refractivity contribution in [3.05, 3.63) is 35.9 Å². The predicted molar refractivity (Wildman–Crippen MR) is 70.9 cm³/mol.